The van der Waals surface area contributed by atoms with Crippen molar-refractivity contribution in [3.8, 4) is 5.75 Å². The van der Waals surface area contributed by atoms with Gasteiger partial charge in [0.05, 0.1) is 19.1 Å². The Labute approximate surface area is 120 Å². The lowest BCUT2D eigenvalue weighted by Gasteiger charge is -2.39. The Morgan fingerprint density at radius 3 is 2.95 bits per heavy atom. The smallest absolute Gasteiger partial charge is 0.305 e. The maximum atomic E-state index is 11.3. The third-order valence-electron chi connectivity index (χ3n) is 4.05. The molecule has 110 valence electrons. The second-order valence-electron chi connectivity index (χ2n) is 5.46. The Balaban J connectivity index is 2.44. The zero-order valence-corrected chi connectivity index (χ0v) is 12.2. The molecule has 0 saturated carbocycles. The van der Waals surface area contributed by atoms with Crippen LogP contribution in [0.25, 0.3) is 0 Å². The molecule has 2 N–H and O–H groups in total. The Morgan fingerprint density at radius 1 is 1.50 bits per heavy atom. The summed E-state index contributed by atoms with van der Waals surface area (Å²) in [5, 5.41) is 12.8. The maximum absolute atomic E-state index is 11.3. The van der Waals surface area contributed by atoms with Gasteiger partial charge in [-0.3, -0.25) is 4.79 Å². The summed E-state index contributed by atoms with van der Waals surface area (Å²) >= 11 is 0. The van der Waals surface area contributed by atoms with Crippen LogP contribution in [-0.2, 0) is 16.8 Å². The van der Waals surface area contributed by atoms with Gasteiger partial charge in [0.2, 0.25) is 0 Å². The molecule has 0 radical (unpaired) electrons. The van der Waals surface area contributed by atoms with Crippen LogP contribution in [0.1, 0.15) is 43.7 Å². The Bertz CT molecular complexity index is 487. The van der Waals surface area contributed by atoms with E-state index < -0.39 is 11.5 Å². The van der Waals surface area contributed by atoms with Crippen molar-refractivity contribution in [3.63, 3.8) is 0 Å². The fraction of sp³-hybridized carbons (Fsp3) is 0.562. The van der Waals surface area contributed by atoms with Gasteiger partial charge in [0.25, 0.3) is 0 Å². The average molecular weight is 277 g/mol. The highest BCUT2D eigenvalue weighted by Gasteiger charge is 2.38. The number of rotatable bonds is 6. The molecule has 1 unspecified atom stereocenters. The van der Waals surface area contributed by atoms with Crippen molar-refractivity contribution >= 4 is 5.97 Å². The van der Waals surface area contributed by atoms with Gasteiger partial charge < -0.3 is 15.2 Å². The van der Waals surface area contributed by atoms with E-state index in [4.69, 9.17) is 4.74 Å². The minimum Gasteiger partial charge on any atom is -0.497 e. The molecule has 0 amide bonds. The van der Waals surface area contributed by atoms with Crippen molar-refractivity contribution in [2.24, 2.45) is 0 Å². The number of carboxylic acid groups (broad SMARTS) is 1. The number of carboxylic acids is 1. The monoisotopic (exact) mass is 277 g/mol. The maximum Gasteiger partial charge on any atom is 0.305 e. The van der Waals surface area contributed by atoms with Gasteiger partial charge in [0.1, 0.15) is 5.75 Å². The Kier molecular flexibility index (Phi) is 4.65. The Hall–Kier alpha value is -1.55. The topological polar surface area (TPSA) is 58.6 Å². The standard InChI is InChI=1S/C16H23NO3/c1-3-9-17-16(11-15(18)19)8-4-5-12-6-7-13(20-2)10-14(12)16/h6-7,10,17H,3-5,8-9,11H2,1-2H3,(H,18,19). The number of methoxy groups -OCH3 is 1. The van der Waals surface area contributed by atoms with E-state index in [1.807, 2.05) is 12.1 Å². The second-order valence-corrected chi connectivity index (χ2v) is 5.46. The normalized spacial score (nSPS) is 21.3. The molecule has 0 heterocycles. The molecule has 0 aliphatic heterocycles. The number of aliphatic carboxylic acids is 1. The third kappa shape index (κ3) is 2.96. The predicted molar refractivity (Wildman–Crippen MR) is 78.2 cm³/mol. The van der Waals surface area contributed by atoms with Crippen LogP contribution in [-0.4, -0.2) is 24.7 Å². The minimum atomic E-state index is -0.760. The molecule has 1 aromatic carbocycles. The van der Waals surface area contributed by atoms with E-state index in [0.717, 1.165) is 43.5 Å². The molecule has 1 aliphatic carbocycles. The molecule has 1 atom stereocenters. The van der Waals surface area contributed by atoms with Gasteiger partial charge in [-0.05, 0) is 55.5 Å². The van der Waals surface area contributed by atoms with Crippen LogP contribution < -0.4 is 10.1 Å². The highest BCUT2D eigenvalue weighted by Crippen LogP contribution is 2.39. The molecule has 0 aromatic heterocycles. The van der Waals surface area contributed by atoms with E-state index in [-0.39, 0.29) is 6.42 Å². The summed E-state index contributed by atoms with van der Waals surface area (Å²) in [6.07, 6.45) is 3.99. The van der Waals surface area contributed by atoms with E-state index in [1.165, 1.54) is 5.56 Å². The van der Waals surface area contributed by atoms with E-state index in [1.54, 1.807) is 7.11 Å². The predicted octanol–water partition coefficient (Wildman–Crippen LogP) is 2.70. The first-order valence-corrected chi connectivity index (χ1v) is 7.25. The van der Waals surface area contributed by atoms with Gasteiger partial charge in [0.15, 0.2) is 0 Å². The van der Waals surface area contributed by atoms with Gasteiger partial charge in [-0.25, -0.2) is 0 Å². The van der Waals surface area contributed by atoms with Crippen molar-refractivity contribution in [3.05, 3.63) is 29.3 Å². The lowest BCUT2D eigenvalue weighted by atomic mass is 9.74. The zero-order chi connectivity index (χ0) is 14.6. The minimum absolute atomic E-state index is 0.118. The quantitative estimate of drug-likeness (QED) is 0.839. The first-order chi connectivity index (χ1) is 9.61. The van der Waals surface area contributed by atoms with Crippen LogP contribution in [0.5, 0.6) is 5.75 Å². The van der Waals surface area contributed by atoms with Crippen molar-refractivity contribution in [1.82, 2.24) is 5.32 Å². The lowest BCUT2D eigenvalue weighted by Crippen LogP contribution is -2.47. The summed E-state index contributed by atoms with van der Waals surface area (Å²) in [5.74, 6) is 0.0305. The molecule has 20 heavy (non-hydrogen) atoms. The van der Waals surface area contributed by atoms with Crippen molar-refractivity contribution in [1.29, 1.82) is 0 Å². The molecule has 4 heteroatoms. The summed E-state index contributed by atoms with van der Waals surface area (Å²) in [6, 6.07) is 6.02. The number of carbonyl (C=O) groups is 1. The fourth-order valence-electron chi connectivity index (χ4n) is 3.11. The van der Waals surface area contributed by atoms with Gasteiger partial charge in [-0.2, -0.15) is 0 Å². The number of hydrogen-bond donors (Lipinski definition) is 2. The van der Waals surface area contributed by atoms with Crippen LogP contribution >= 0.6 is 0 Å². The molecule has 0 bridgehead atoms. The molecule has 1 aromatic rings. The van der Waals surface area contributed by atoms with Crippen LogP contribution in [0, 0.1) is 0 Å². The van der Waals surface area contributed by atoms with Crippen LogP contribution in [0.2, 0.25) is 0 Å². The Morgan fingerprint density at radius 2 is 2.30 bits per heavy atom. The summed E-state index contributed by atoms with van der Waals surface area (Å²) < 4.78 is 5.31. The number of hydrogen-bond acceptors (Lipinski definition) is 3. The van der Waals surface area contributed by atoms with Gasteiger partial charge in [-0.15, -0.1) is 0 Å². The summed E-state index contributed by atoms with van der Waals surface area (Å²) in [4.78, 5) is 11.3. The van der Waals surface area contributed by atoms with E-state index in [2.05, 4.69) is 18.3 Å². The lowest BCUT2D eigenvalue weighted by molar-refractivity contribution is -0.139. The number of nitrogens with one attached hydrogen (secondary N) is 1. The molecular weight excluding hydrogens is 254 g/mol. The molecule has 2 rings (SSSR count). The zero-order valence-electron chi connectivity index (χ0n) is 12.2. The molecule has 0 spiro atoms. The average Bonchev–Trinajstić information content (AvgIpc) is 2.44. The van der Waals surface area contributed by atoms with E-state index >= 15 is 0 Å². The first kappa shape index (κ1) is 14.9. The highest BCUT2D eigenvalue weighted by molar-refractivity contribution is 5.69. The molecular formula is C16H23NO3. The van der Waals surface area contributed by atoms with Gasteiger partial charge in [-0.1, -0.05) is 13.0 Å². The molecule has 1 aliphatic rings. The van der Waals surface area contributed by atoms with Gasteiger partial charge in [0, 0.05) is 0 Å². The highest BCUT2D eigenvalue weighted by atomic mass is 16.5. The summed E-state index contributed by atoms with van der Waals surface area (Å²) in [6.45, 7) is 2.92. The van der Waals surface area contributed by atoms with E-state index in [9.17, 15) is 9.90 Å². The van der Waals surface area contributed by atoms with Crippen LogP contribution in [0.4, 0.5) is 0 Å². The number of aryl methyl sites for hydroxylation is 1. The van der Waals surface area contributed by atoms with Crippen molar-refractivity contribution in [2.75, 3.05) is 13.7 Å². The number of fused-ring (bicyclic) bond motifs is 1. The fourth-order valence-corrected chi connectivity index (χ4v) is 3.11. The second kappa shape index (κ2) is 6.27. The van der Waals surface area contributed by atoms with Crippen LogP contribution in [0.3, 0.4) is 0 Å². The first-order valence-electron chi connectivity index (χ1n) is 7.25. The van der Waals surface area contributed by atoms with Crippen molar-refractivity contribution in [2.45, 2.75) is 44.6 Å². The summed E-state index contributed by atoms with van der Waals surface area (Å²) in [5.41, 5.74) is 1.88. The molecule has 0 saturated heterocycles. The molecule has 4 nitrogen and oxygen atoms in total. The number of benzene rings is 1. The third-order valence-corrected chi connectivity index (χ3v) is 4.05. The largest absolute Gasteiger partial charge is 0.497 e. The molecule has 0 fully saturated rings. The van der Waals surface area contributed by atoms with Crippen LogP contribution in [0.15, 0.2) is 18.2 Å². The summed E-state index contributed by atoms with van der Waals surface area (Å²) in [7, 11) is 1.64. The SMILES string of the molecule is CCCNC1(CC(=O)O)CCCc2ccc(OC)cc21. The van der Waals surface area contributed by atoms with Crippen molar-refractivity contribution < 1.29 is 14.6 Å². The van der Waals surface area contributed by atoms with E-state index in [0.29, 0.717) is 0 Å². The van der Waals surface area contributed by atoms with Gasteiger partial charge >= 0.3 is 5.97 Å². The number of ether oxygens (including phenoxy) is 1.